The monoisotopic (exact) mass is 303 g/mol. The maximum absolute atomic E-state index is 13.5. The van der Waals surface area contributed by atoms with E-state index in [1.165, 1.54) is 12.1 Å². The summed E-state index contributed by atoms with van der Waals surface area (Å²) in [7, 11) is 0. The SMILES string of the molecule is CCN(CC)CCOc1cc(F)ccc1Oc1ccccc1. The van der Waals surface area contributed by atoms with Gasteiger partial charge in [-0.2, -0.15) is 0 Å². The normalized spacial score (nSPS) is 10.7. The highest BCUT2D eigenvalue weighted by Gasteiger charge is 2.09. The number of hydrogen-bond acceptors (Lipinski definition) is 3. The lowest BCUT2D eigenvalue weighted by atomic mass is 10.3. The Balaban J connectivity index is 2.04. The van der Waals surface area contributed by atoms with Gasteiger partial charge in [0.1, 0.15) is 18.2 Å². The van der Waals surface area contributed by atoms with Gasteiger partial charge in [-0.05, 0) is 37.4 Å². The van der Waals surface area contributed by atoms with Gasteiger partial charge >= 0.3 is 0 Å². The molecule has 0 aliphatic rings. The molecular weight excluding hydrogens is 281 g/mol. The molecule has 0 spiro atoms. The number of para-hydroxylation sites is 1. The average molecular weight is 303 g/mol. The van der Waals surface area contributed by atoms with Gasteiger partial charge in [0.2, 0.25) is 0 Å². The summed E-state index contributed by atoms with van der Waals surface area (Å²) in [6.45, 7) is 7.45. The van der Waals surface area contributed by atoms with Crippen molar-refractivity contribution >= 4 is 0 Å². The molecule has 0 heterocycles. The van der Waals surface area contributed by atoms with Gasteiger partial charge in [-0.25, -0.2) is 4.39 Å². The van der Waals surface area contributed by atoms with Crippen LogP contribution >= 0.6 is 0 Å². The fourth-order valence-corrected chi connectivity index (χ4v) is 2.12. The van der Waals surface area contributed by atoms with Crippen molar-refractivity contribution in [2.45, 2.75) is 13.8 Å². The second-order valence-corrected chi connectivity index (χ2v) is 4.88. The summed E-state index contributed by atoms with van der Waals surface area (Å²) in [6, 6.07) is 13.7. The molecule has 0 aliphatic carbocycles. The van der Waals surface area contributed by atoms with Gasteiger partial charge in [0.05, 0.1) is 0 Å². The lowest BCUT2D eigenvalue weighted by Gasteiger charge is -2.19. The summed E-state index contributed by atoms with van der Waals surface area (Å²) in [5.74, 6) is 1.31. The van der Waals surface area contributed by atoms with Crippen LogP contribution in [0.3, 0.4) is 0 Å². The minimum atomic E-state index is -0.335. The molecule has 0 unspecified atom stereocenters. The minimum Gasteiger partial charge on any atom is -0.488 e. The van der Waals surface area contributed by atoms with E-state index in [9.17, 15) is 4.39 Å². The Morgan fingerprint density at radius 1 is 0.955 bits per heavy atom. The average Bonchev–Trinajstić information content (AvgIpc) is 2.55. The van der Waals surface area contributed by atoms with Crippen LogP contribution in [0.15, 0.2) is 48.5 Å². The maximum atomic E-state index is 13.5. The van der Waals surface area contributed by atoms with Crippen molar-refractivity contribution in [3.63, 3.8) is 0 Å². The summed E-state index contributed by atoms with van der Waals surface area (Å²) in [5.41, 5.74) is 0. The van der Waals surface area contributed by atoms with Crippen LogP contribution in [0.1, 0.15) is 13.8 Å². The molecule has 0 N–H and O–H groups in total. The lowest BCUT2D eigenvalue weighted by Crippen LogP contribution is -2.27. The van der Waals surface area contributed by atoms with Crippen LogP contribution in [0.25, 0.3) is 0 Å². The third-order valence-electron chi connectivity index (χ3n) is 3.44. The van der Waals surface area contributed by atoms with E-state index in [-0.39, 0.29) is 5.82 Å². The molecular formula is C18H22FNO2. The third kappa shape index (κ3) is 4.74. The molecule has 0 fully saturated rings. The van der Waals surface area contributed by atoms with Gasteiger partial charge in [-0.3, -0.25) is 0 Å². The summed E-state index contributed by atoms with van der Waals surface area (Å²) in [6.07, 6.45) is 0. The van der Waals surface area contributed by atoms with Crippen LogP contribution in [0.2, 0.25) is 0 Å². The third-order valence-corrected chi connectivity index (χ3v) is 3.44. The van der Waals surface area contributed by atoms with Crippen LogP contribution < -0.4 is 9.47 Å². The molecule has 3 nitrogen and oxygen atoms in total. The second-order valence-electron chi connectivity index (χ2n) is 4.88. The van der Waals surface area contributed by atoms with Crippen molar-refractivity contribution in [3.05, 3.63) is 54.3 Å². The Morgan fingerprint density at radius 2 is 1.68 bits per heavy atom. The first kappa shape index (κ1) is 16.3. The van der Waals surface area contributed by atoms with Crippen molar-refractivity contribution in [1.29, 1.82) is 0 Å². The quantitative estimate of drug-likeness (QED) is 0.724. The molecule has 2 rings (SSSR count). The minimum absolute atomic E-state index is 0.335. The number of benzene rings is 2. The van der Waals surface area contributed by atoms with E-state index in [1.807, 2.05) is 30.3 Å². The zero-order valence-electron chi connectivity index (χ0n) is 13.1. The van der Waals surface area contributed by atoms with E-state index >= 15 is 0 Å². The standard InChI is InChI=1S/C18H22FNO2/c1-3-20(4-2)12-13-21-18-14-15(19)10-11-17(18)22-16-8-6-5-7-9-16/h5-11,14H,3-4,12-13H2,1-2H3. The topological polar surface area (TPSA) is 21.7 Å². The first-order chi connectivity index (χ1) is 10.7. The Bertz CT molecular complexity index is 571. The van der Waals surface area contributed by atoms with Crippen LogP contribution in [0, 0.1) is 5.82 Å². The van der Waals surface area contributed by atoms with Gasteiger partial charge in [0.15, 0.2) is 11.5 Å². The molecule has 0 amide bonds. The molecule has 0 radical (unpaired) electrons. The Hall–Kier alpha value is -2.07. The maximum Gasteiger partial charge on any atom is 0.169 e. The molecule has 0 aliphatic heterocycles. The Labute approximate surface area is 131 Å². The van der Waals surface area contributed by atoms with Gasteiger partial charge in [-0.15, -0.1) is 0 Å². The molecule has 2 aromatic carbocycles. The molecule has 0 saturated heterocycles. The highest BCUT2D eigenvalue weighted by atomic mass is 19.1. The van der Waals surface area contributed by atoms with Gasteiger partial charge < -0.3 is 14.4 Å². The molecule has 0 aromatic heterocycles. The predicted octanol–water partition coefficient (Wildman–Crippen LogP) is 4.34. The largest absolute Gasteiger partial charge is 0.488 e. The Morgan fingerprint density at radius 3 is 2.36 bits per heavy atom. The summed E-state index contributed by atoms with van der Waals surface area (Å²) in [5, 5.41) is 0. The van der Waals surface area contributed by atoms with Crippen molar-refractivity contribution in [2.24, 2.45) is 0 Å². The highest BCUT2D eigenvalue weighted by molar-refractivity contribution is 5.43. The fourth-order valence-electron chi connectivity index (χ4n) is 2.12. The fraction of sp³-hybridized carbons (Fsp3) is 0.333. The van der Waals surface area contributed by atoms with Gasteiger partial charge in [0.25, 0.3) is 0 Å². The van der Waals surface area contributed by atoms with Crippen molar-refractivity contribution in [2.75, 3.05) is 26.2 Å². The van der Waals surface area contributed by atoms with Crippen LogP contribution in [0.5, 0.6) is 17.2 Å². The summed E-state index contributed by atoms with van der Waals surface area (Å²) >= 11 is 0. The number of rotatable bonds is 8. The van der Waals surface area contributed by atoms with E-state index in [1.54, 1.807) is 6.07 Å². The van der Waals surface area contributed by atoms with Crippen LogP contribution in [0.4, 0.5) is 4.39 Å². The number of ether oxygens (including phenoxy) is 2. The molecule has 22 heavy (non-hydrogen) atoms. The molecule has 0 atom stereocenters. The molecule has 2 aromatic rings. The second kappa shape index (κ2) is 8.39. The number of nitrogens with zero attached hydrogens (tertiary/aromatic N) is 1. The van der Waals surface area contributed by atoms with Crippen molar-refractivity contribution in [3.8, 4) is 17.2 Å². The van der Waals surface area contributed by atoms with E-state index in [2.05, 4.69) is 18.7 Å². The lowest BCUT2D eigenvalue weighted by molar-refractivity contribution is 0.218. The highest BCUT2D eigenvalue weighted by Crippen LogP contribution is 2.32. The smallest absolute Gasteiger partial charge is 0.169 e. The van der Waals surface area contributed by atoms with Gasteiger partial charge in [0, 0.05) is 12.6 Å². The van der Waals surface area contributed by atoms with E-state index in [0.29, 0.717) is 23.9 Å². The van der Waals surface area contributed by atoms with Crippen molar-refractivity contribution < 1.29 is 13.9 Å². The van der Waals surface area contributed by atoms with Crippen molar-refractivity contribution in [1.82, 2.24) is 4.90 Å². The van der Waals surface area contributed by atoms with E-state index < -0.39 is 0 Å². The first-order valence-electron chi connectivity index (χ1n) is 7.60. The number of hydrogen-bond donors (Lipinski definition) is 0. The van der Waals surface area contributed by atoms with E-state index in [4.69, 9.17) is 9.47 Å². The summed E-state index contributed by atoms with van der Waals surface area (Å²) in [4.78, 5) is 2.25. The Kier molecular flexibility index (Phi) is 6.22. The van der Waals surface area contributed by atoms with Gasteiger partial charge in [-0.1, -0.05) is 32.0 Å². The number of halogens is 1. The zero-order chi connectivity index (χ0) is 15.8. The first-order valence-corrected chi connectivity index (χ1v) is 7.60. The van der Waals surface area contributed by atoms with Crippen LogP contribution in [-0.4, -0.2) is 31.1 Å². The predicted molar refractivity (Wildman–Crippen MR) is 86.2 cm³/mol. The van der Waals surface area contributed by atoms with Crippen LogP contribution in [-0.2, 0) is 0 Å². The zero-order valence-corrected chi connectivity index (χ0v) is 13.1. The summed E-state index contributed by atoms with van der Waals surface area (Å²) < 4.78 is 24.9. The molecule has 0 bridgehead atoms. The molecule has 0 saturated carbocycles. The molecule has 4 heteroatoms. The molecule has 118 valence electrons. The number of likely N-dealkylation sites (N-methyl/N-ethyl adjacent to an activating group) is 1. The van der Waals surface area contributed by atoms with E-state index in [0.717, 1.165) is 19.6 Å².